The largest absolute Gasteiger partial charge is 0.371 e. The van der Waals surface area contributed by atoms with Crippen LogP contribution in [0.5, 0.6) is 0 Å². The number of aryl methyl sites for hydroxylation is 1. The van der Waals surface area contributed by atoms with Crippen molar-refractivity contribution >= 4 is 5.97 Å². The first-order valence-electron chi connectivity index (χ1n) is 5.23. The van der Waals surface area contributed by atoms with Gasteiger partial charge >= 0.3 is 5.97 Å². The summed E-state index contributed by atoms with van der Waals surface area (Å²) in [5.41, 5.74) is 3.97. The molecule has 0 aliphatic rings. The SMILES string of the molecule is CC(=O)ONCCCCc1ccccc1. The number of benzene rings is 1. The van der Waals surface area contributed by atoms with E-state index in [1.165, 1.54) is 12.5 Å². The molecule has 3 nitrogen and oxygen atoms in total. The molecule has 1 rings (SSSR count). The normalized spacial score (nSPS) is 9.93. The van der Waals surface area contributed by atoms with E-state index in [4.69, 9.17) is 0 Å². The lowest BCUT2D eigenvalue weighted by molar-refractivity contribution is -0.148. The summed E-state index contributed by atoms with van der Waals surface area (Å²) in [6.45, 7) is 2.10. The van der Waals surface area contributed by atoms with E-state index < -0.39 is 0 Å². The second-order valence-electron chi connectivity index (χ2n) is 3.43. The molecule has 0 heterocycles. The third kappa shape index (κ3) is 5.86. The molecule has 0 saturated carbocycles. The zero-order chi connectivity index (χ0) is 10.9. The van der Waals surface area contributed by atoms with Gasteiger partial charge < -0.3 is 4.84 Å². The Hall–Kier alpha value is -1.35. The Labute approximate surface area is 90.4 Å². The molecule has 0 radical (unpaired) electrons. The molecule has 82 valence electrons. The minimum absolute atomic E-state index is 0.293. The molecular formula is C12H17NO2. The van der Waals surface area contributed by atoms with Gasteiger partial charge in [0.05, 0.1) is 0 Å². The number of carbonyl (C=O) groups excluding carboxylic acids is 1. The summed E-state index contributed by atoms with van der Waals surface area (Å²) in [6, 6.07) is 10.4. The van der Waals surface area contributed by atoms with E-state index in [1.807, 2.05) is 18.2 Å². The highest BCUT2D eigenvalue weighted by Crippen LogP contribution is 2.03. The molecule has 0 bridgehead atoms. The van der Waals surface area contributed by atoms with Gasteiger partial charge in [-0.15, -0.1) is 0 Å². The van der Waals surface area contributed by atoms with E-state index in [9.17, 15) is 4.79 Å². The van der Waals surface area contributed by atoms with Gasteiger partial charge in [-0.2, -0.15) is 5.48 Å². The summed E-state index contributed by atoms with van der Waals surface area (Å²) in [5.74, 6) is -0.293. The van der Waals surface area contributed by atoms with Gasteiger partial charge in [0.25, 0.3) is 0 Å². The monoisotopic (exact) mass is 207 g/mol. The van der Waals surface area contributed by atoms with Crippen LogP contribution in [0.4, 0.5) is 0 Å². The van der Waals surface area contributed by atoms with Crippen LogP contribution in [0.15, 0.2) is 30.3 Å². The molecule has 0 spiro atoms. The highest BCUT2D eigenvalue weighted by molar-refractivity contribution is 5.65. The zero-order valence-corrected chi connectivity index (χ0v) is 9.03. The quantitative estimate of drug-likeness (QED) is 0.573. The number of nitrogens with one attached hydrogen (secondary N) is 1. The predicted molar refractivity (Wildman–Crippen MR) is 59.1 cm³/mol. The van der Waals surface area contributed by atoms with Crippen molar-refractivity contribution in [2.75, 3.05) is 6.54 Å². The van der Waals surface area contributed by atoms with E-state index in [1.54, 1.807) is 0 Å². The number of hydrogen-bond acceptors (Lipinski definition) is 3. The maximum atomic E-state index is 10.4. The summed E-state index contributed by atoms with van der Waals surface area (Å²) >= 11 is 0. The smallest absolute Gasteiger partial charge is 0.321 e. The van der Waals surface area contributed by atoms with Crippen molar-refractivity contribution in [2.45, 2.75) is 26.2 Å². The maximum absolute atomic E-state index is 10.4. The Morgan fingerprint density at radius 3 is 2.67 bits per heavy atom. The van der Waals surface area contributed by atoms with Crippen LogP contribution < -0.4 is 5.48 Å². The second kappa shape index (κ2) is 7.01. The number of rotatable bonds is 6. The van der Waals surface area contributed by atoms with Crippen molar-refractivity contribution in [3.63, 3.8) is 0 Å². The molecule has 0 atom stereocenters. The summed E-state index contributed by atoms with van der Waals surface area (Å²) in [4.78, 5) is 15.0. The van der Waals surface area contributed by atoms with E-state index >= 15 is 0 Å². The fourth-order valence-corrected chi connectivity index (χ4v) is 1.32. The van der Waals surface area contributed by atoms with E-state index in [0.717, 1.165) is 19.3 Å². The average Bonchev–Trinajstić information content (AvgIpc) is 2.24. The van der Waals surface area contributed by atoms with Gasteiger partial charge in [-0.1, -0.05) is 30.3 Å². The molecule has 0 aliphatic carbocycles. The Balaban J connectivity index is 2.00. The van der Waals surface area contributed by atoms with Gasteiger partial charge in [-0.25, -0.2) is 0 Å². The van der Waals surface area contributed by atoms with Crippen LogP contribution in [-0.4, -0.2) is 12.5 Å². The number of hydrogen-bond donors (Lipinski definition) is 1. The summed E-state index contributed by atoms with van der Waals surface area (Å²) in [6.07, 6.45) is 3.17. The molecule has 0 unspecified atom stereocenters. The van der Waals surface area contributed by atoms with Crippen molar-refractivity contribution in [1.29, 1.82) is 0 Å². The van der Waals surface area contributed by atoms with Gasteiger partial charge in [-0.3, -0.25) is 4.79 Å². The van der Waals surface area contributed by atoms with Crippen molar-refractivity contribution < 1.29 is 9.63 Å². The van der Waals surface area contributed by atoms with Crippen LogP contribution in [0.3, 0.4) is 0 Å². The number of carbonyl (C=O) groups is 1. The third-order valence-corrected chi connectivity index (χ3v) is 2.05. The topological polar surface area (TPSA) is 38.3 Å². The van der Waals surface area contributed by atoms with E-state index in [0.29, 0.717) is 6.54 Å². The Kier molecular flexibility index (Phi) is 5.48. The lowest BCUT2D eigenvalue weighted by atomic mass is 10.1. The lowest BCUT2D eigenvalue weighted by Crippen LogP contribution is -2.19. The first kappa shape index (κ1) is 11.7. The number of unbranched alkanes of at least 4 members (excludes halogenated alkanes) is 1. The highest BCUT2D eigenvalue weighted by Gasteiger charge is 1.94. The highest BCUT2D eigenvalue weighted by atomic mass is 16.7. The molecule has 3 heteroatoms. The van der Waals surface area contributed by atoms with Crippen LogP contribution in [0.2, 0.25) is 0 Å². The molecule has 1 N–H and O–H groups in total. The zero-order valence-electron chi connectivity index (χ0n) is 9.03. The van der Waals surface area contributed by atoms with Crippen LogP contribution in [0.1, 0.15) is 25.3 Å². The van der Waals surface area contributed by atoms with Crippen LogP contribution in [0.25, 0.3) is 0 Å². The molecule has 1 aromatic rings. The molecule has 0 aliphatic heterocycles. The summed E-state index contributed by atoms with van der Waals surface area (Å²) in [7, 11) is 0. The molecule has 1 aromatic carbocycles. The molecule has 0 aromatic heterocycles. The van der Waals surface area contributed by atoms with Crippen molar-refractivity contribution in [2.24, 2.45) is 0 Å². The van der Waals surface area contributed by atoms with Crippen molar-refractivity contribution in [3.8, 4) is 0 Å². The number of hydroxylamine groups is 1. The summed E-state index contributed by atoms with van der Waals surface area (Å²) < 4.78 is 0. The second-order valence-corrected chi connectivity index (χ2v) is 3.43. The Morgan fingerprint density at radius 2 is 2.00 bits per heavy atom. The van der Waals surface area contributed by atoms with Crippen LogP contribution in [0, 0.1) is 0 Å². The fourth-order valence-electron chi connectivity index (χ4n) is 1.32. The molecule has 0 fully saturated rings. The predicted octanol–water partition coefficient (Wildman–Crippen LogP) is 2.08. The lowest BCUT2D eigenvalue weighted by Gasteiger charge is -2.03. The van der Waals surface area contributed by atoms with Gasteiger partial charge in [0.2, 0.25) is 0 Å². The molecule has 0 amide bonds. The van der Waals surface area contributed by atoms with Crippen molar-refractivity contribution in [3.05, 3.63) is 35.9 Å². The van der Waals surface area contributed by atoms with Gasteiger partial charge in [-0.05, 0) is 24.8 Å². The third-order valence-electron chi connectivity index (χ3n) is 2.05. The van der Waals surface area contributed by atoms with Crippen LogP contribution in [-0.2, 0) is 16.1 Å². The minimum atomic E-state index is -0.293. The fraction of sp³-hybridized carbons (Fsp3) is 0.417. The van der Waals surface area contributed by atoms with E-state index in [2.05, 4.69) is 22.5 Å². The molecular weight excluding hydrogens is 190 g/mol. The Morgan fingerprint density at radius 1 is 1.27 bits per heavy atom. The first-order valence-corrected chi connectivity index (χ1v) is 5.23. The van der Waals surface area contributed by atoms with Gasteiger partial charge in [0.1, 0.15) is 0 Å². The van der Waals surface area contributed by atoms with Gasteiger partial charge in [0.15, 0.2) is 0 Å². The first-order chi connectivity index (χ1) is 7.29. The van der Waals surface area contributed by atoms with Gasteiger partial charge in [0, 0.05) is 13.5 Å². The van der Waals surface area contributed by atoms with Crippen molar-refractivity contribution in [1.82, 2.24) is 5.48 Å². The average molecular weight is 207 g/mol. The maximum Gasteiger partial charge on any atom is 0.321 e. The standard InChI is InChI=1S/C12H17NO2/c1-11(14)15-13-10-6-5-9-12-7-3-2-4-8-12/h2-4,7-8,13H,5-6,9-10H2,1H3. The van der Waals surface area contributed by atoms with Crippen LogP contribution >= 0.6 is 0 Å². The molecule has 15 heavy (non-hydrogen) atoms. The van der Waals surface area contributed by atoms with E-state index in [-0.39, 0.29) is 5.97 Å². The Bertz CT molecular complexity index is 285. The summed E-state index contributed by atoms with van der Waals surface area (Å²) in [5, 5.41) is 0. The minimum Gasteiger partial charge on any atom is -0.371 e. The molecule has 0 saturated heterocycles.